The van der Waals surface area contributed by atoms with E-state index < -0.39 is 0 Å². The molecule has 0 saturated carbocycles. The first kappa shape index (κ1) is 14.0. The zero-order valence-corrected chi connectivity index (χ0v) is 10.7. The molecular weight excluding hydrogens is 212 g/mol. The Kier molecular flexibility index (Phi) is 7.43. The number of benzene rings is 1. The predicted octanol–water partition coefficient (Wildman–Crippen LogP) is 2.30. The predicted molar refractivity (Wildman–Crippen MR) is 72.2 cm³/mol. The van der Waals surface area contributed by atoms with E-state index in [1.165, 1.54) is 18.4 Å². The van der Waals surface area contributed by atoms with Crippen LogP contribution in [0.1, 0.15) is 31.7 Å². The maximum Gasteiger partial charge on any atom is 0.119 e. The number of nitrogens with two attached hydrogens (primary N) is 1. The first-order valence-electron chi connectivity index (χ1n) is 6.49. The van der Waals surface area contributed by atoms with Crippen LogP contribution >= 0.6 is 0 Å². The van der Waals surface area contributed by atoms with Gasteiger partial charge in [-0.05, 0) is 43.6 Å². The average Bonchev–Trinajstić information content (AvgIpc) is 2.36. The second-order valence-corrected chi connectivity index (χ2v) is 4.17. The Hall–Kier alpha value is -1.06. The number of nitrogens with one attached hydrogen (secondary N) is 1. The average molecular weight is 236 g/mol. The van der Waals surface area contributed by atoms with Crippen molar-refractivity contribution in [3.63, 3.8) is 0 Å². The van der Waals surface area contributed by atoms with Gasteiger partial charge in [0.1, 0.15) is 5.75 Å². The summed E-state index contributed by atoms with van der Waals surface area (Å²) in [5, 5.41) is 3.42. The minimum Gasteiger partial charge on any atom is -0.494 e. The van der Waals surface area contributed by atoms with Crippen LogP contribution in [0, 0.1) is 0 Å². The van der Waals surface area contributed by atoms with E-state index in [2.05, 4.69) is 24.4 Å². The van der Waals surface area contributed by atoms with Crippen LogP contribution in [0.15, 0.2) is 24.3 Å². The first-order chi connectivity index (χ1) is 8.36. The lowest BCUT2D eigenvalue weighted by atomic mass is 10.2. The minimum absolute atomic E-state index is 0.679. The molecule has 3 nitrogen and oxygen atoms in total. The monoisotopic (exact) mass is 236 g/mol. The second-order valence-electron chi connectivity index (χ2n) is 4.17. The lowest BCUT2D eigenvalue weighted by Crippen LogP contribution is -2.14. The summed E-state index contributed by atoms with van der Waals surface area (Å²) in [5.74, 6) is 0.938. The number of hydrogen-bond acceptors (Lipinski definition) is 3. The van der Waals surface area contributed by atoms with Crippen molar-refractivity contribution >= 4 is 0 Å². The minimum atomic E-state index is 0.679. The molecule has 0 amide bonds. The Morgan fingerprint density at radius 1 is 1.29 bits per heavy atom. The van der Waals surface area contributed by atoms with Gasteiger partial charge in [-0.1, -0.05) is 25.5 Å². The second kappa shape index (κ2) is 9.02. The SMILES string of the molecule is CCCCNCc1cccc(OCCCN)c1. The molecule has 0 radical (unpaired) electrons. The molecule has 3 N–H and O–H groups in total. The van der Waals surface area contributed by atoms with E-state index in [0.29, 0.717) is 13.2 Å². The Labute approximate surface area is 104 Å². The number of rotatable bonds is 9. The highest BCUT2D eigenvalue weighted by Gasteiger charge is 1.96. The van der Waals surface area contributed by atoms with Crippen molar-refractivity contribution in [3.05, 3.63) is 29.8 Å². The molecule has 1 aromatic rings. The maximum absolute atomic E-state index is 5.61. The third-order valence-corrected chi connectivity index (χ3v) is 2.55. The first-order valence-corrected chi connectivity index (χ1v) is 6.49. The van der Waals surface area contributed by atoms with Crippen molar-refractivity contribution < 1.29 is 4.74 Å². The van der Waals surface area contributed by atoms with Gasteiger partial charge in [0.2, 0.25) is 0 Å². The Balaban J connectivity index is 2.31. The normalized spacial score (nSPS) is 10.5. The molecule has 1 rings (SSSR count). The summed E-state index contributed by atoms with van der Waals surface area (Å²) in [6, 6.07) is 8.24. The quantitative estimate of drug-likeness (QED) is 0.647. The van der Waals surface area contributed by atoms with Crippen molar-refractivity contribution in [2.45, 2.75) is 32.7 Å². The smallest absolute Gasteiger partial charge is 0.119 e. The molecule has 1 aromatic carbocycles. The van der Waals surface area contributed by atoms with Crippen LogP contribution in [0.25, 0.3) is 0 Å². The fourth-order valence-electron chi connectivity index (χ4n) is 1.55. The summed E-state index contributed by atoms with van der Waals surface area (Å²) >= 11 is 0. The van der Waals surface area contributed by atoms with E-state index in [-0.39, 0.29) is 0 Å². The fraction of sp³-hybridized carbons (Fsp3) is 0.571. The molecule has 0 atom stereocenters. The zero-order valence-electron chi connectivity index (χ0n) is 10.7. The molecular formula is C14H24N2O. The summed E-state index contributed by atoms with van der Waals surface area (Å²) in [5.41, 5.74) is 6.70. The van der Waals surface area contributed by atoms with Crippen LogP contribution in [0.3, 0.4) is 0 Å². The maximum atomic E-state index is 5.61. The standard InChI is InChI=1S/C14H24N2O/c1-2-3-9-16-12-13-6-4-7-14(11-13)17-10-5-8-15/h4,6-7,11,16H,2-3,5,8-10,12,15H2,1H3. The van der Waals surface area contributed by atoms with Crippen LogP contribution in [0.4, 0.5) is 0 Å². The largest absolute Gasteiger partial charge is 0.494 e. The molecule has 0 aliphatic heterocycles. The fourth-order valence-corrected chi connectivity index (χ4v) is 1.55. The van der Waals surface area contributed by atoms with Crippen molar-refractivity contribution in [3.8, 4) is 5.75 Å². The summed E-state index contributed by atoms with van der Waals surface area (Å²) in [4.78, 5) is 0. The number of hydrogen-bond donors (Lipinski definition) is 2. The van der Waals surface area contributed by atoms with Gasteiger partial charge in [-0.25, -0.2) is 0 Å². The molecule has 0 heterocycles. The van der Waals surface area contributed by atoms with Gasteiger partial charge in [0.15, 0.2) is 0 Å². The Morgan fingerprint density at radius 2 is 2.18 bits per heavy atom. The van der Waals surface area contributed by atoms with Gasteiger partial charge < -0.3 is 15.8 Å². The molecule has 96 valence electrons. The highest BCUT2D eigenvalue weighted by Crippen LogP contribution is 2.13. The lowest BCUT2D eigenvalue weighted by molar-refractivity contribution is 0.313. The van der Waals surface area contributed by atoms with Crippen molar-refractivity contribution in [1.29, 1.82) is 0 Å². The van der Waals surface area contributed by atoms with Crippen molar-refractivity contribution in [2.75, 3.05) is 19.7 Å². The van der Waals surface area contributed by atoms with E-state index >= 15 is 0 Å². The van der Waals surface area contributed by atoms with Gasteiger partial charge in [-0.3, -0.25) is 0 Å². The summed E-state index contributed by atoms with van der Waals surface area (Å²) in [6.45, 7) is 5.57. The third kappa shape index (κ3) is 6.29. The Morgan fingerprint density at radius 3 is 2.94 bits per heavy atom. The molecule has 0 bridgehead atoms. The van der Waals surface area contributed by atoms with Crippen LogP contribution in [-0.2, 0) is 6.54 Å². The highest BCUT2D eigenvalue weighted by atomic mass is 16.5. The van der Waals surface area contributed by atoms with Crippen LogP contribution in [0.5, 0.6) is 5.75 Å². The summed E-state index contributed by atoms with van der Waals surface area (Å²) in [7, 11) is 0. The highest BCUT2D eigenvalue weighted by molar-refractivity contribution is 5.28. The molecule has 0 aliphatic rings. The molecule has 3 heteroatoms. The molecule has 0 unspecified atom stereocenters. The third-order valence-electron chi connectivity index (χ3n) is 2.55. The van der Waals surface area contributed by atoms with Gasteiger partial charge >= 0.3 is 0 Å². The molecule has 0 aliphatic carbocycles. The topological polar surface area (TPSA) is 47.3 Å². The van der Waals surface area contributed by atoms with E-state index in [4.69, 9.17) is 10.5 Å². The zero-order chi connectivity index (χ0) is 12.3. The van der Waals surface area contributed by atoms with Crippen LogP contribution in [0.2, 0.25) is 0 Å². The van der Waals surface area contributed by atoms with Gasteiger partial charge in [-0.2, -0.15) is 0 Å². The molecule has 0 spiro atoms. The van der Waals surface area contributed by atoms with Crippen molar-refractivity contribution in [2.24, 2.45) is 5.73 Å². The van der Waals surface area contributed by atoms with E-state index in [1.807, 2.05) is 12.1 Å². The Bertz CT molecular complexity index is 302. The van der Waals surface area contributed by atoms with Gasteiger partial charge in [0.05, 0.1) is 6.61 Å². The van der Waals surface area contributed by atoms with Crippen molar-refractivity contribution in [1.82, 2.24) is 5.32 Å². The number of ether oxygens (including phenoxy) is 1. The van der Waals surface area contributed by atoms with E-state index in [0.717, 1.165) is 25.3 Å². The van der Waals surface area contributed by atoms with Crippen LogP contribution < -0.4 is 15.8 Å². The summed E-state index contributed by atoms with van der Waals surface area (Å²) in [6.07, 6.45) is 3.36. The van der Waals surface area contributed by atoms with E-state index in [9.17, 15) is 0 Å². The summed E-state index contributed by atoms with van der Waals surface area (Å²) < 4.78 is 5.61. The van der Waals surface area contributed by atoms with E-state index in [1.54, 1.807) is 0 Å². The molecule has 0 aromatic heterocycles. The van der Waals surface area contributed by atoms with Gasteiger partial charge in [0, 0.05) is 6.54 Å². The number of unbranched alkanes of at least 4 members (excludes halogenated alkanes) is 1. The van der Waals surface area contributed by atoms with Crippen LogP contribution in [-0.4, -0.2) is 19.7 Å². The lowest BCUT2D eigenvalue weighted by Gasteiger charge is -2.08. The molecule has 0 saturated heterocycles. The van der Waals surface area contributed by atoms with Gasteiger partial charge in [0.25, 0.3) is 0 Å². The molecule has 17 heavy (non-hydrogen) atoms. The molecule has 0 fully saturated rings. The van der Waals surface area contributed by atoms with Gasteiger partial charge in [-0.15, -0.1) is 0 Å².